The second kappa shape index (κ2) is 7.52. The van der Waals surface area contributed by atoms with Crippen molar-refractivity contribution in [3.05, 3.63) is 53.9 Å². The van der Waals surface area contributed by atoms with Crippen molar-refractivity contribution in [3.8, 4) is 0 Å². The molecule has 5 heteroatoms. The molecule has 1 N–H and O–H groups in total. The van der Waals surface area contributed by atoms with Crippen molar-refractivity contribution in [3.63, 3.8) is 0 Å². The van der Waals surface area contributed by atoms with Gasteiger partial charge in [0.1, 0.15) is 0 Å². The van der Waals surface area contributed by atoms with E-state index in [0.29, 0.717) is 5.41 Å². The van der Waals surface area contributed by atoms with Crippen LogP contribution in [0, 0.1) is 5.41 Å². The second-order valence-electron chi connectivity index (χ2n) is 7.75. The van der Waals surface area contributed by atoms with Gasteiger partial charge in [0.15, 0.2) is 5.96 Å². The summed E-state index contributed by atoms with van der Waals surface area (Å²) in [5.74, 6) is 1.04. The van der Waals surface area contributed by atoms with Gasteiger partial charge in [-0.2, -0.15) is 5.10 Å². The van der Waals surface area contributed by atoms with Crippen molar-refractivity contribution in [1.29, 1.82) is 0 Å². The fourth-order valence-electron chi connectivity index (χ4n) is 4.61. The molecule has 0 amide bonds. The van der Waals surface area contributed by atoms with Crippen LogP contribution >= 0.6 is 0 Å². The summed E-state index contributed by atoms with van der Waals surface area (Å²) in [6, 6.07) is 10.6. The topological polar surface area (TPSA) is 45.5 Å². The van der Waals surface area contributed by atoms with Crippen LogP contribution in [0.15, 0.2) is 47.7 Å². The number of guanidine groups is 1. The van der Waals surface area contributed by atoms with E-state index >= 15 is 0 Å². The van der Waals surface area contributed by atoms with Gasteiger partial charge in [0.25, 0.3) is 0 Å². The number of nitrogens with one attached hydrogen (secondary N) is 1. The van der Waals surface area contributed by atoms with E-state index < -0.39 is 0 Å². The van der Waals surface area contributed by atoms with Gasteiger partial charge in [0, 0.05) is 39.1 Å². The number of hydrogen-bond acceptors (Lipinski definition) is 2. The summed E-state index contributed by atoms with van der Waals surface area (Å²) < 4.78 is 1.97. The van der Waals surface area contributed by atoms with E-state index in [9.17, 15) is 0 Å². The van der Waals surface area contributed by atoms with Crippen molar-refractivity contribution >= 4 is 5.96 Å². The molecule has 2 fully saturated rings. The standard InChI is InChI=1S/C21H29N5/c1-22-20(25-14-11-21(17-25)9-4-5-10-21)23-15-18-7-2-3-8-19(18)16-26-13-6-12-24-26/h2-3,6-8,12-13H,4-5,9-11,14-17H2,1H3,(H,22,23). The zero-order valence-electron chi connectivity index (χ0n) is 15.7. The van der Waals surface area contributed by atoms with Crippen molar-refractivity contribution < 1.29 is 0 Å². The minimum Gasteiger partial charge on any atom is -0.352 e. The Morgan fingerprint density at radius 2 is 1.96 bits per heavy atom. The third-order valence-electron chi connectivity index (χ3n) is 6.06. The van der Waals surface area contributed by atoms with Crippen LogP contribution in [0.3, 0.4) is 0 Å². The van der Waals surface area contributed by atoms with E-state index in [-0.39, 0.29) is 0 Å². The van der Waals surface area contributed by atoms with Gasteiger partial charge in [-0.3, -0.25) is 9.67 Å². The molecule has 1 aliphatic heterocycles. The second-order valence-corrected chi connectivity index (χ2v) is 7.75. The zero-order chi connectivity index (χ0) is 17.8. The van der Waals surface area contributed by atoms with Crippen LogP contribution in [0.5, 0.6) is 0 Å². The Morgan fingerprint density at radius 1 is 1.15 bits per heavy atom. The van der Waals surface area contributed by atoms with Gasteiger partial charge in [-0.05, 0) is 41.9 Å². The van der Waals surface area contributed by atoms with Gasteiger partial charge in [-0.1, -0.05) is 37.1 Å². The molecule has 1 aromatic heterocycles. The van der Waals surface area contributed by atoms with Crippen LogP contribution in [0.25, 0.3) is 0 Å². The molecule has 0 radical (unpaired) electrons. The molecule has 1 aromatic carbocycles. The molecule has 5 nitrogen and oxygen atoms in total. The molecule has 0 atom stereocenters. The van der Waals surface area contributed by atoms with E-state index in [1.165, 1.54) is 49.8 Å². The predicted octanol–water partition coefficient (Wildman–Crippen LogP) is 3.27. The van der Waals surface area contributed by atoms with Gasteiger partial charge in [0.2, 0.25) is 0 Å². The quantitative estimate of drug-likeness (QED) is 0.679. The highest BCUT2D eigenvalue weighted by molar-refractivity contribution is 5.80. The summed E-state index contributed by atoms with van der Waals surface area (Å²) >= 11 is 0. The molecule has 0 unspecified atom stereocenters. The van der Waals surface area contributed by atoms with Gasteiger partial charge in [-0.15, -0.1) is 0 Å². The van der Waals surface area contributed by atoms with Crippen molar-refractivity contribution in [2.75, 3.05) is 20.1 Å². The van der Waals surface area contributed by atoms with Crippen LogP contribution in [0.2, 0.25) is 0 Å². The normalized spacial score (nSPS) is 19.4. The first-order valence-electron chi connectivity index (χ1n) is 9.78. The minimum atomic E-state index is 0.565. The number of aliphatic imine (C=N–C) groups is 1. The molecule has 1 saturated heterocycles. The number of hydrogen-bond donors (Lipinski definition) is 1. The Hall–Kier alpha value is -2.30. The monoisotopic (exact) mass is 351 g/mol. The summed E-state index contributed by atoms with van der Waals surface area (Å²) in [7, 11) is 1.90. The van der Waals surface area contributed by atoms with E-state index in [2.05, 4.69) is 44.6 Å². The maximum Gasteiger partial charge on any atom is 0.193 e. The maximum absolute atomic E-state index is 4.56. The molecule has 1 spiro atoms. The van der Waals surface area contributed by atoms with Crippen LogP contribution < -0.4 is 5.32 Å². The SMILES string of the molecule is CN=C(NCc1ccccc1Cn1cccn1)N1CCC2(CCCC2)C1. The van der Waals surface area contributed by atoms with Crippen molar-refractivity contribution in [2.45, 2.75) is 45.2 Å². The highest BCUT2D eigenvalue weighted by atomic mass is 15.3. The van der Waals surface area contributed by atoms with E-state index in [1.54, 1.807) is 0 Å². The van der Waals surface area contributed by atoms with E-state index in [4.69, 9.17) is 0 Å². The minimum absolute atomic E-state index is 0.565. The third-order valence-corrected chi connectivity index (χ3v) is 6.06. The van der Waals surface area contributed by atoms with E-state index in [0.717, 1.165) is 25.6 Å². The molecule has 2 aliphatic rings. The number of nitrogens with zero attached hydrogens (tertiary/aromatic N) is 4. The van der Waals surface area contributed by atoms with Gasteiger partial charge in [-0.25, -0.2) is 0 Å². The molecule has 1 saturated carbocycles. The average molecular weight is 351 g/mol. The number of benzene rings is 1. The number of aromatic nitrogens is 2. The summed E-state index contributed by atoms with van der Waals surface area (Å²) in [6.07, 6.45) is 10.8. The fourth-order valence-corrected chi connectivity index (χ4v) is 4.61. The zero-order valence-corrected chi connectivity index (χ0v) is 15.7. The lowest BCUT2D eigenvalue weighted by atomic mass is 9.86. The molecule has 2 aromatic rings. The average Bonchev–Trinajstić information content (AvgIpc) is 3.41. The highest BCUT2D eigenvalue weighted by Gasteiger charge is 2.41. The number of likely N-dealkylation sites (tertiary alicyclic amines) is 1. The fraction of sp³-hybridized carbons (Fsp3) is 0.524. The van der Waals surface area contributed by atoms with Crippen LogP contribution in [0.4, 0.5) is 0 Å². The highest BCUT2D eigenvalue weighted by Crippen LogP contribution is 2.45. The van der Waals surface area contributed by atoms with Gasteiger partial charge < -0.3 is 10.2 Å². The summed E-state index contributed by atoms with van der Waals surface area (Å²) in [6.45, 7) is 3.90. The molecule has 1 aliphatic carbocycles. The summed E-state index contributed by atoms with van der Waals surface area (Å²) in [4.78, 5) is 7.02. The third kappa shape index (κ3) is 3.62. The molecule has 2 heterocycles. The molecule has 0 bridgehead atoms. The van der Waals surface area contributed by atoms with Gasteiger partial charge in [0.05, 0.1) is 6.54 Å². The molecule has 26 heavy (non-hydrogen) atoms. The largest absolute Gasteiger partial charge is 0.352 e. The molecule has 138 valence electrons. The first-order valence-corrected chi connectivity index (χ1v) is 9.78. The van der Waals surface area contributed by atoms with Crippen LogP contribution in [-0.4, -0.2) is 40.8 Å². The Kier molecular flexibility index (Phi) is 4.96. The van der Waals surface area contributed by atoms with Crippen molar-refractivity contribution in [1.82, 2.24) is 20.0 Å². The maximum atomic E-state index is 4.56. The Balaban J connectivity index is 1.40. The Labute approximate surface area is 156 Å². The lowest BCUT2D eigenvalue weighted by Crippen LogP contribution is -2.40. The molecular formula is C21H29N5. The number of rotatable bonds is 4. The predicted molar refractivity (Wildman–Crippen MR) is 105 cm³/mol. The summed E-state index contributed by atoms with van der Waals surface area (Å²) in [5.41, 5.74) is 3.17. The first-order chi connectivity index (χ1) is 12.8. The van der Waals surface area contributed by atoms with Crippen LogP contribution in [0.1, 0.15) is 43.2 Å². The lowest BCUT2D eigenvalue weighted by Gasteiger charge is -2.26. The molecule has 4 rings (SSSR count). The van der Waals surface area contributed by atoms with Crippen LogP contribution in [-0.2, 0) is 13.1 Å². The molecular weight excluding hydrogens is 322 g/mol. The first kappa shape index (κ1) is 17.1. The van der Waals surface area contributed by atoms with Gasteiger partial charge >= 0.3 is 0 Å². The summed E-state index contributed by atoms with van der Waals surface area (Å²) in [5, 5.41) is 7.93. The Morgan fingerprint density at radius 3 is 2.69 bits per heavy atom. The smallest absolute Gasteiger partial charge is 0.193 e. The Bertz CT molecular complexity index is 744. The lowest BCUT2D eigenvalue weighted by molar-refractivity contribution is 0.309. The van der Waals surface area contributed by atoms with E-state index in [1.807, 2.05) is 30.2 Å². The van der Waals surface area contributed by atoms with Crippen molar-refractivity contribution in [2.24, 2.45) is 10.4 Å².